The molecule has 1 aromatic rings. The van der Waals surface area contributed by atoms with Crippen LogP contribution in [0.5, 0.6) is 0 Å². The molecular formula is C13H23ClFNOSi. The van der Waals surface area contributed by atoms with Gasteiger partial charge in [0.1, 0.15) is 11.9 Å². The molecule has 1 aromatic heterocycles. The first-order valence-corrected chi connectivity index (χ1v) is 10.4. The Labute approximate surface area is 115 Å². The summed E-state index contributed by atoms with van der Waals surface area (Å²) in [6.07, 6.45) is 1.75. The van der Waals surface area contributed by atoms with Gasteiger partial charge in [0.15, 0.2) is 5.82 Å². The van der Waals surface area contributed by atoms with Crippen molar-refractivity contribution < 1.29 is 9.13 Å². The second kappa shape index (κ2) is 6.22. The highest BCUT2D eigenvalue weighted by molar-refractivity contribution is 6.76. The first-order chi connectivity index (χ1) is 8.22. The SMILES string of the molecule is CC(C)c1cn(COCC[Si](C)(C)C)c(Cl)c1F. The molecule has 0 aliphatic rings. The summed E-state index contributed by atoms with van der Waals surface area (Å²) in [7, 11) is -1.07. The predicted molar refractivity (Wildman–Crippen MR) is 77.6 cm³/mol. The van der Waals surface area contributed by atoms with Crippen molar-refractivity contribution in [3.05, 3.63) is 22.7 Å². The molecule has 0 aliphatic heterocycles. The topological polar surface area (TPSA) is 14.2 Å². The summed E-state index contributed by atoms with van der Waals surface area (Å²) >= 11 is 5.94. The molecule has 0 radical (unpaired) electrons. The summed E-state index contributed by atoms with van der Waals surface area (Å²) in [6, 6.07) is 1.10. The lowest BCUT2D eigenvalue weighted by Gasteiger charge is -2.15. The standard InChI is InChI=1S/C13H23ClFNOSi/c1-10(2)11-8-16(13(14)12(11)15)9-17-6-7-18(3,4)5/h8,10H,6-7,9H2,1-5H3. The Kier molecular flexibility index (Phi) is 5.43. The van der Waals surface area contributed by atoms with Crippen molar-refractivity contribution in [3.63, 3.8) is 0 Å². The molecule has 0 aliphatic carbocycles. The van der Waals surface area contributed by atoms with E-state index in [1.54, 1.807) is 10.8 Å². The number of ether oxygens (including phenoxy) is 1. The number of hydrogen-bond donors (Lipinski definition) is 0. The van der Waals surface area contributed by atoms with E-state index in [2.05, 4.69) is 19.6 Å². The zero-order chi connectivity index (χ0) is 13.9. The summed E-state index contributed by atoms with van der Waals surface area (Å²) in [5.41, 5.74) is 0.647. The monoisotopic (exact) mass is 291 g/mol. The summed E-state index contributed by atoms with van der Waals surface area (Å²) in [5.74, 6) is -0.189. The molecule has 1 heterocycles. The van der Waals surface area contributed by atoms with Crippen molar-refractivity contribution in [1.82, 2.24) is 4.57 Å². The molecule has 5 heteroatoms. The third-order valence-electron chi connectivity index (χ3n) is 2.83. The highest BCUT2D eigenvalue weighted by Gasteiger charge is 2.17. The summed E-state index contributed by atoms with van der Waals surface area (Å²) in [6.45, 7) is 11.8. The number of aromatic nitrogens is 1. The maximum atomic E-state index is 13.8. The van der Waals surface area contributed by atoms with Gasteiger partial charge in [0.05, 0.1) is 0 Å². The van der Waals surface area contributed by atoms with Crippen LogP contribution < -0.4 is 0 Å². The molecule has 104 valence electrons. The van der Waals surface area contributed by atoms with Crippen LogP contribution in [0, 0.1) is 5.82 Å². The van der Waals surface area contributed by atoms with E-state index in [0.717, 1.165) is 6.04 Å². The fourth-order valence-corrected chi connectivity index (χ4v) is 2.53. The summed E-state index contributed by atoms with van der Waals surface area (Å²) < 4.78 is 21.0. The third-order valence-corrected chi connectivity index (χ3v) is 4.92. The Bertz CT molecular complexity index is 398. The van der Waals surface area contributed by atoms with Crippen molar-refractivity contribution in [3.8, 4) is 0 Å². The van der Waals surface area contributed by atoms with E-state index in [0.29, 0.717) is 18.9 Å². The summed E-state index contributed by atoms with van der Waals surface area (Å²) in [5, 5.41) is 0.145. The molecule has 0 amide bonds. The minimum atomic E-state index is -1.07. The predicted octanol–water partition coefficient (Wildman–Crippen LogP) is 4.72. The Morgan fingerprint density at radius 2 is 2.00 bits per heavy atom. The molecule has 0 unspecified atom stereocenters. The molecule has 1 rings (SSSR count). The van der Waals surface area contributed by atoms with E-state index < -0.39 is 8.07 Å². The molecule has 0 aromatic carbocycles. The lowest BCUT2D eigenvalue weighted by Crippen LogP contribution is -2.22. The molecule has 0 fully saturated rings. The highest BCUT2D eigenvalue weighted by Crippen LogP contribution is 2.26. The van der Waals surface area contributed by atoms with Gasteiger partial charge in [-0.05, 0) is 12.0 Å². The lowest BCUT2D eigenvalue weighted by molar-refractivity contribution is 0.0873. The van der Waals surface area contributed by atoms with E-state index in [1.807, 2.05) is 13.8 Å². The number of nitrogens with zero attached hydrogens (tertiary/aromatic N) is 1. The second-order valence-electron chi connectivity index (χ2n) is 6.16. The van der Waals surface area contributed by atoms with Gasteiger partial charge in [-0.1, -0.05) is 45.1 Å². The molecule has 0 spiro atoms. The molecule has 0 N–H and O–H groups in total. The third kappa shape index (κ3) is 4.41. The fraction of sp³-hybridized carbons (Fsp3) is 0.692. The Hall–Kier alpha value is -0.323. The van der Waals surface area contributed by atoms with E-state index in [9.17, 15) is 4.39 Å². The van der Waals surface area contributed by atoms with Crippen LogP contribution in [0.3, 0.4) is 0 Å². The molecule has 0 saturated heterocycles. The lowest BCUT2D eigenvalue weighted by atomic mass is 10.1. The average molecular weight is 292 g/mol. The number of hydrogen-bond acceptors (Lipinski definition) is 1. The molecule has 0 saturated carbocycles. The largest absolute Gasteiger partial charge is 0.361 e. The van der Waals surface area contributed by atoms with E-state index in [-0.39, 0.29) is 16.9 Å². The maximum absolute atomic E-state index is 13.8. The molecule has 2 nitrogen and oxygen atoms in total. The molecular weight excluding hydrogens is 269 g/mol. The average Bonchev–Trinajstić information content (AvgIpc) is 2.51. The molecule has 0 bridgehead atoms. The Balaban J connectivity index is 2.56. The van der Waals surface area contributed by atoms with Gasteiger partial charge in [-0.25, -0.2) is 4.39 Å². The van der Waals surface area contributed by atoms with Crippen LogP contribution in [0.1, 0.15) is 25.3 Å². The van der Waals surface area contributed by atoms with Gasteiger partial charge in [0.25, 0.3) is 0 Å². The van der Waals surface area contributed by atoms with Gasteiger partial charge < -0.3 is 9.30 Å². The normalized spacial score (nSPS) is 12.4. The minimum Gasteiger partial charge on any atom is -0.361 e. The van der Waals surface area contributed by atoms with Crippen molar-refractivity contribution >= 4 is 19.7 Å². The van der Waals surface area contributed by atoms with Crippen molar-refractivity contribution in [1.29, 1.82) is 0 Å². The second-order valence-corrected chi connectivity index (χ2v) is 12.1. The van der Waals surface area contributed by atoms with E-state index in [4.69, 9.17) is 16.3 Å². The van der Waals surface area contributed by atoms with E-state index in [1.165, 1.54) is 0 Å². The van der Waals surface area contributed by atoms with Crippen LogP contribution in [0.2, 0.25) is 30.8 Å². The van der Waals surface area contributed by atoms with Crippen LogP contribution in [-0.4, -0.2) is 19.2 Å². The van der Waals surface area contributed by atoms with Gasteiger partial charge in [-0.2, -0.15) is 0 Å². The van der Waals surface area contributed by atoms with Gasteiger partial charge in [-0.3, -0.25) is 0 Å². The van der Waals surface area contributed by atoms with E-state index >= 15 is 0 Å². The Morgan fingerprint density at radius 3 is 2.44 bits per heavy atom. The van der Waals surface area contributed by atoms with Gasteiger partial charge in [0, 0.05) is 26.4 Å². The van der Waals surface area contributed by atoms with Gasteiger partial charge >= 0.3 is 0 Å². The van der Waals surface area contributed by atoms with Crippen molar-refractivity contribution in [2.45, 2.75) is 52.2 Å². The van der Waals surface area contributed by atoms with Gasteiger partial charge in [0.2, 0.25) is 0 Å². The molecule has 18 heavy (non-hydrogen) atoms. The summed E-state index contributed by atoms with van der Waals surface area (Å²) in [4.78, 5) is 0. The van der Waals surface area contributed by atoms with Crippen LogP contribution in [0.15, 0.2) is 6.20 Å². The zero-order valence-corrected chi connectivity index (χ0v) is 13.6. The van der Waals surface area contributed by atoms with Gasteiger partial charge in [-0.15, -0.1) is 0 Å². The smallest absolute Gasteiger partial charge is 0.163 e. The maximum Gasteiger partial charge on any atom is 0.163 e. The first-order valence-electron chi connectivity index (χ1n) is 6.34. The van der Waals surface area contributed by atoms with Crippen LogP contribution >= 0.6 is 11.6 Å². The van der Waals surface area contributed by atoms with Crippen LogP contribution in [-0.2, 0) is 11.5 Å². The zero-order valence-electron chi connectivity index (χ0n) is 11.9. The van der Waals surface area contributed by atoms with Crippen LogP contribution in [0.25, 0.3) is 0 Å². The number of rotatable bonds is 6. The van der Waals surface area contributed by atoms with Crippen molar-refractivity contribution in [2.24, 2.45) is 0 Å². The molecule has 0 atom stereocenters. The minimum absolute atomic E-state index is 0.130. The number of halogens is 2. The van der Waals surface area contributed by atoms with Crippen molar-refractivity contribution in [2.75, 3.05) is 6.61 Å². The Morgan fingerprint density at radius 1 is 1.39 bits per heavy atom. The highest BCUT2D eigenvalue weighted by atomic mass is 35.5. The quantitative estimate of drug-likeness (QED) is 0.546. The fourth-order valence-electron chi connectivity index (χ4n) is 1.56. The first kappa shape index (κ1) is 15.7. The van der Waals surface area contributed by atoms with Crippen LogP contribution in [0.4, 0.5) is 4.39 Å².